The summed E-state index contributed by atoms with van der Waals surface area (Å²) in [4.78, 5) is 0. The number of hydrogen-bond acceptors (Lipinski definition) is 18. The van der Waals surface area contributed by atoms with Gasteiger partial charge < -0.3 is 0 Å². The fourth-order valence-electron chi connectivity index (χ4n) is 0. The van der Waals surface area contributed by atoms with Crippen molar-refractivity contribution >= 4 is 74.4 Å². The van der Waals surface area contributed by atoms with Crippen molar-refractivity contribution in [2.45, 2.75) is 0 Å². The van der Waals surface area contributed by atoms with Crippen LogP contribution in [0.25, 0.3) is 0 Å². The fraction of sp³-hybridized carbons (Fsp3) is 0. The molecule has 0 amide bonds. The van der Waals surface area contributed by atoms with Crippen LogP contribution >= 0.6 is 74.4 Å². The van der Waals surface area contributed by atoms with Gasteiger partial charge in [0.05, 0.1) is 0 Å². The van der Waals surface area contributed by atoms with Crippen LogP contribution in [0.1, 0.15) is 0 Å². The second-order valence-corrected chi connectivity index (χ2v) is 9.28. The summed E-state index contributed by atoms with van der Waals surface area (Å²) in [6, 6.07) is 0. The summed E-state index contributed by atoms with van der Waals surface area (Å²) in [6.45, 7) is 0. The van der Waals surface area contributed by atoms with Crippen LogP contribution in [0.3, 0.4) is 0 Å². The number of halogens is 6. The van der Waals surface area contributed by atoms with Gasteiger partial charge in [-0.1, -0.05) is 0 Å². The average Bonchev–Trinajstić information content (AvgIpc) is 2.08. The first kappa shape index (κ1) is 118. The summed E-state index contributed by atoms with van der Waals surface area (Å²) in [7, 11) is 0. The molecule has 0 N–H and O–H groups in total. The zero-order valence-electron chi connectivity index (χ0n) is 18.1. The molecule has 0 aliphatic carbocycles. The van der Waals surface area contributed by atoms with Crippen LogP contribution in [0.15, 0.2) is 0 Å². The van der Waals surface area contributed by atoms with E-state index in [4.69, 9.17) is 64.6 Å². The van der Waals surface area contributed by atoms with E-state index in [1.165, 1.54) is 0 Å². The molecule has 0 aromatic heterocycles. The second-order valence-electron chi connectivity index (χ2n) is 1.13. The standard InChI is InChI=1S/6ClH.6K.18O.6Re/h6*1H;;;;;;;;;;;;;;;;;;;;;;;;;;;;;;/q;;;;;;6*+1;;;;;;;;;;;;;6*-1;;;;;;. The molecule has 204 valence electrons. The van der Waals surface area contributed by atoms with Gasteiger partial charge in [-0.05, 0) is 0 Å². The van der Waals surface area contributed by atoms with E-state index in [9.17, 15) is 0 Å². The summed E-state index contributed by atoms with van der Waals surface area (Å²) >= 11 is -25.3. The van der Waals surface area contributed by atoms with Crippen LogP contribution in [0.2, 0.25) is 0 Å². The van der Waals surface area contributed by atoms with E-state index < -0.39 is 102 Å². The van der Waals surface area contributed by atoms with E-state index in [1.807, 2.05) is 0 Å². The zero-order chi connectivity index (χ0) is 21.5. The maximum absolute atomic E-state index is 8.60. The minimum absolute atomic E-state index is 0. The zero-order valence-corrected chi connectivity index (χ0v) is 58.0. The van der Waals surface area contributed by atoms with Crippen LogP contribution in [0, 0.1) is 0 Å². The van der Waals surface area contributed by atoms with Crippen molar-refractivity contribution in [3.63, 3.8) is 0 Å². The molecule has 0 fully saturated rings. The molecule has 0 aromatic carbocycles. The first-order chi connectivity index (χ1) is 10.4. The van der Waals surface area contributed by atoms with Gasteiger partial charge in [0.2, 0.25) is 0 Å². The summed E-state index contributed by atoms with van der Waals surface area (Å²) in [5, 5.41) is 0. The normalized spacial score (nSPS) is 5.67. The summed E-state index contributed by atoms with van der Waals surface area (Å²) in [5.74, 6) is 0. The molecule has 0 aliphatic heterocycles. The van der Waals surface area contributed by atoms with E-state index in [0.717, 1.165) is 0 Å². The molecule has 0 bridgehead atoms. The minimum atomic E-state index is -4.21. The van der Waals surface area contributed by atoms with Gasteiger partial charge in [0.15, 0.2) is 0 Å². The van der Waals surface area contributed by atoms with Gasteiger partial charge >= 0.3 is 475 Å². The third kappa shape index (κ3) is 594. The molecule has 0 radical (unpaired) electrons. The van der Waals surface area contributed by atoms with Crippen molar-refractivity contribution in [1.29, 1.82) is 0 Å². The number of rotatable bonds is 0. The van der Waals surface area contributed by atoms with Crippen molar-refractivity contribution in [1.82, 2.24) is 0 Å². The SMILES string of the molecule is Cl.Cl.Cl.Cl.Cl.Cl.[K+].[K+].[K+].[K+].[K+].[K+].[O]=[Re](=[O])[O-].[O]=[Re](=[O])[O-].[O]=[Re](=[O])[O-].[O]=[Re](=[O])[O-].[O]=[Re](=[O])[O-].[O]=[Re](=[O])[O-]. The van der Waals surface area contributed by atoms with Crippen LogP contribution in [0.5, 0.6) is 0 Å². The second kappa shape index (κ2) is 110. The molecule has 0 aliphatic rings. The van der Waals surface area contributed by atoms with Crippen molar-refractivity contribution in [3.8, 4) is 0 Å². The van der Waals surface area contributed by atoms with E-state index in [2.05, 4.69) is 0 Å². The Morgan fingerprint density at radius 1 is 0.222 bits per heavy atom. The molecule has 0 spiro atoms. The van der Waals surface area contributed by atoms with Crippen LogP contribution in [-0.4, -0.2) is 0 Å². The van der Waals surface area contributed by atoms with E-state index in [0.29, 0.717) is 0 Å². The predicted molar refractivity (Wildman–Crippen MR) is 51.7 cm³/mol. The monoisotopic (exact) mass is 1860 g/mol. The molecular formula is H6Cl6K6O18Re6. The molecule has 0 aromatic rings. The van der Waals surface area contributed by atoms with Gasteiger partial charge in [-0.2, -0.15) is 0 Å². The topological polar surface area (TPSA) is 343 Å². The first-order valence-electron chi connectivity index (χ1n) is 2.78. The number of hydrogen-bond donors (Lipinski definition) is 0. The van der Waals surface area contributed by atoms with Crippen LogP contribution in [-0.2, 0) is 144 Å². The fourth-order valence-corrected chi connectivity index (χ4v) is 0. The quantitative estimate of drug-likeness (QED) is 0.203. The Labute approximate surface area is 531 Å². The van der Waals surface area contributed by atoms with E-state index >= 15 is 0 Å². The van der Waals surface area contributed by atoms with Gasteiger partial charge in [0, 0.05) is 0 Å². The third-order valence-corrected chi connectivity index (χ3v) is 0. The van der Waals surface area contributed by atoms with Gasteiger partial charge in [0.25, 0.3) is 0 Å². The van der Waals surface area contributed by atoms with Crippen molar-refractivity contribution in [2.24, 2.45) is 0 Å². The van der Waals surface area contributed by atoms with Gasteiger partial charge in [-0.15, -0.1) is 74.4 Å². The molecule has 36 heavy (non-hydrogen) atoms. The maximum atomic E-state index is 8.60. The van der Waals surface area contributed by atoms with Gasteiger partial charge in [0.1, 0.15) is 0 Å². The Balaban J connectivity index is -0.00000000633. The molecule has 0 rings (SSSR count). The summed E-state index contributed by atoms with van der Waals surface area (Å²) in [5.41, 5.74) is 0. The molecule has 36 heteroatoms. The Kier molecular flexibility index (Phi) is 360. The molecule has 0 saturated heterocycles. The summed E-state index contributed by atoms with van der Waals surface area (Å²) < 4.78 is 155. The summed E-state index contributed by atoms with van der Waals surface area (Å²) in [6.07, 6.45) is 0. The van der Waals surface area contributed by atoms with Crippen LogP contribution in [0.4, 0.5) is 0 Å². The molecule has 0 atom stereocenters. The van der Waals surface area contributed by atoms with Crippen molar-refractivity contribution in [2.75, 3.05) is 0 Å². The van der Waals surface area contributed by atoms with Crippen molar-refractivity contribution in [3.05, 3.63) is 0 Å². The van der Waals surface area contributed by atoms with Crippen molar-refractivity contribution < 1.29 is 475 Å². The Hall–Kier alpha value is 12.9. The van der Waals surface area contributed by atoms with Gasteiger partial charge in [-0.25, -0.2) is 0 Å². The molecule has 0 saturated carbocycles. The Bertz CT molecular complexity index is 510. The predicted octanol–water partition coefficient (Wildman–Crippen LogP) is -24.0. The first-order valence-corrected chi connectivity index (χ1v) is 22.7. The Morgan fingerprint density at radius 2 is 0.222 bits per heavy atom. The van der Waals surface area contributed by atoms with E-state index in [-0.39, 0.29) is 383 Å². The molecule has 0 unspecified atom stereocenters. The average molecular weight is 1860 g/mol. The van der Waals surface area contributed by atoms with E-state index in [1.54, 1.807) is 0 Å². The molecule has 18 nitrogen and oxygen atoms in total. The molecular weight excluding hydrogens is 1850 g/mol. The van der Waals surface area contributed by atoms with Gasteiger partial charge in [-0.3, -0.25) is 0 Å². The molecule has 0 heterocycles. The third-order valence-electron chi connectivity index (χ3n) is 0. The van der Waals surface area contributed by atoms with Crippen LogP contribution < -0.4 is 331 Å². The Morgan fingerprint density at radius 3 is 0.222 bits per heavy atom.